The summed E-state index contributed by atoms with van der Waals surface area (Å²) in [5.74, 6) is 1.33. The molecule has 4 aromatic carbocycles. The van der Waals surface area contributed by atoms with Gasteiger partial charge in [0.2, 0.25) is 11.7 Å². The molecule has 0 heterocycles. The number of hydrogen-bond donors (Lipinski definition) is 1. The molecule has 0 radical (unpaired) electrons. The lowest BCUT2D eigenvalue weighted by Gasteiger charge is -2.29. The number of carbonyl (C=O) groups is 1. The number of amides is 1. The lowest BCUT2D eigenvalue weighted by molar-refractivity contribution is -0.133. The highest BCUT2D eigenvalue weighted by Gasteiger charge is 2.25. The maximum absolute atomic E-state index is 13.3. The van der Waals surface area contributed by atoms with Crippen LogP contribution in [-0.4, -0.2) is 36.1 Å². The molecular formula is C33H35NO5. The predicted molar refractivity (Wildman–Crippen MR) is 152 cm³/mol. The summed E-state index contributed by atoms with van der Waals surface area (Å²) in [4.78, 5) is 14.9. The number of hydrogen-bond acceptors (Lipinski definition) is 5. The summed E-state index contributed by atoms with van der Waals surface area (Å²) in [6.07, 6.45) is -0.694. The first-order valence-corrected chi connectivity index (χ1v) is 13.0. The van der Waals surface area contributed by atoms with Crippen LogP contribution >= 0.6 is 0 Å². The van der Waals surface area contributed by atoms with E-state index < -0.39 is 12.1 Å². The second-order valence-electron chi connectivity index (χ2n) is 9.45. The molecule has 0 aromatic heterocycles. The van der Waals surface area contributed by atoms with Gasteiger partial charge < -0.3 is 24.2 Å². The number of ether oxygens (including phenoxy) is 3. The van der Waals surface area contributed by atoms with Crippen LogP contribution in [0.4, 0.5) is 0 Å². The van der Waals surface area contributed by atoms with E-state index in [4.69, 9.17) is 14.2 Å². The number of rotatable bonds is 12. The molecule has 0 saturated heterocycles. The summed E-state index contributed by atoms with van der Waals surface area (Å²) < 4.78 is 18.0. The monoisotopic (exact) mass is 525 g/mol. The maximum Gasteiger partial charge on any atom is 0.227 e. The lowest BCUT2D eigenvalue weighted by atomic mass is 10.0. The van der Waals surface area contributed by atoms with Crippen molar-refractivity contribution in [1.82, 2.24) is 4.90 Å². The zero-order valence-electron chi connectivity index (χ0n) is 22.6. The molecule has 0 aliphatic heterocycles. The van der Waals surface area contributed by atoms with E-state index in [2.05, 4.69) is 0 Å². The van der Waals surface area contributed by atoms with Crippen LogP contribution in [0.1, 0.15) is 35.3 Å². The lowest BCUT2D eigenvalue weighted by Crippen LogP contribution is -2.39. The summed E-state index contributed by atoms with van der Waals surface area (Å²) >= 11 is 0. The van der Waals surface area contributed by atoms with Crippen LogP contribution in [0.5, 0.6) is 17.2 Å². The van der Waals surface area contributed by atoms with Crippen LogP contribution in [-0.2, 0) is 24.4 Å². The highest BCUT2D eigenvalue weighted by molar-refractivity contribution is 5.79. The molecule has 0 aliphatic rings. The SMILES string of the molecule is COc1c(OCc2ccccc2)cc(CC(=O)N(C)[C@@H](C)[C@@H](O)c2ccccc2)cc1OCc1ccccc1. The Morgan fingerprint density at radius 1 is 0.769 bits per heavy atom. The fourth-order valence-corrected chi connectivity index (χ4v) is 4.29. The van der Waals surface area contributed by atoms with Gasteiger partial charge in [-0.15, -0.1) is 0 Å². The minimum atomic E-state index is -0.800. The van der Waals surface area contributed by atoms with Crippen molar-refractivity contribution in [2.75, 3.05) is 14.2 Å². The number of benzene rings is 4. The van der Waals surface area contributed by atoms with Crippen molar-refractivity contribution in [3.63, 3.8) is 0 Å². The molecule has 1 amide bonds. The second kappa shape index (κ2) is 13.5. The minimum Gasteiger partial charge on any atom is -0.490 e. The highest BCUT2D eigenvalue weighted by Crippen LogP contribution is 2.40. The van der Waals surface area contributed by atoms with Crippen molar-refractivity contribution in [3.05, 3.63) is 125 Å². The van der Waals surface area contributed by atoms with Crippen LogP contribution < -0.4 is 14.2 Å². The molecule has 0 saturated carbocycles. The average molecular weight is 526 g/mol. The molecule has 202 valence electrons. The van der Waals surface area contributed by atoms with Gasteiger partial charge in [-0.1, -0.05) is 91.0 Å². The third kappa shape index (κ3) is 7.39. The molecule has 0 bridgehead atoms. The second-order valence-corrected chi connectivity index (χ2v) is 9.45. The van der Waals surface area contributed by atoms with Gasteiger partial charge in [0.25, 0.3) is 0 Å². The Bertz CT molecular complexity index is 1260. The van der Waals surface area contributed by atoms with E-state index in [0.717, 1.165) is 22.3 Å². The van der Waals surface area contributed by atoms with Gasteiger partial charge in [-0.25, -0.2) is 0 Å². The summed E-state index contributed by atoms with van der Waals surface area (Å²) in [5, 5.41) is 10.8. The molecule has 0 unspecified atom stereocenters. The molecule has 4 aromatic rings. The maximum atomic E-state index is 13.3. The van der Waals surface area contributed by atoms with Crippen molar-refractivity contribution >= 4 is 5.91 Å². The predicted octanol–water partition coefficient (Wildman–Crippen LogP) is 5.98. The fraction of sp³-hybridized carbons (Fsp3) is 0.242. The number of nitrogens with zero attached hydrogens (tertiary/aromatic N) is 1. The van der Waals surface area contributed by atoms with Crippen molar-refractivity contribution < 1.29 is 24.1 Å². The molecule has 0 fully saturated rings. The largest absolute Gasteiger partial charge is 0.490 e. The number of carbonyl (C=O) groups excluding carboxylic acids is 1. The van der Waals surface area contributed by atoms with Crippen LogP contribution in [0.25, 0.3) is 0 Å². The highest BCUT2D eigenvalue weighted by atomic mass is 16.5. The number of aliphatic hydroxyl groups excluding tert-OH is 1. The normalized spacial score (nSPS) is 12.3. The van der Waals surface area contributed by atoms with E-state index in [-0.39, 0.29) is 12.3 Å². The van der Waals surface area contributed by atoms with Gasteiger partial charge in [0.05, 0.1) is 25.7 Å². The van der Waals surface area contributed by atoms with Gasteiger partial charge >= 0.3 is 0 Å². The van der Waals surface area contributed by atoms with Gasteiger partial charge in [0.15, 0.2) is 11.5 Å². The molecule has 1 N–H and O–H groups in total. The average Bonchev–Trinajstić information content (AvgIpc) is 2.99. The Balaban J connectivity index is 1.56. The first kappa shape index (κ1) is 27.7. The van der Waals surface area contributed by atoms with Gasteiger partial charge in [-0.3, -0.25) is 4.79 Å². The van der Waals surface area contributed by atoms with Crippen LogP contribution in [0.15, 0.2) is 103 Å². The van der Waals surface area contributed by atoms with Gasteiger partial charge in [0, 0.05) is 7.05 Å². The molecular weight excluding hydrogens is 490 g/mol. The smallest absolute Gasteiger partial charge is 0.227 e. The van der Waals surface area contributed by atoms with E-state index >= 15 is 0 Å². The quantitative estimate of drug-likeness (QED) is 0.247. The third-order valence-electron chi connectivity index (χ3n) is 6.72. The number of aliphatic hydroxyl groups is 1. The van der Waals surface area contributed by atoms with E-state index in [1.807, 2.05) is 110 Å². The Hall–Kier alpha value is -4.29. The molecule has 39 heavy (non-hydrogen) atoms. The van der Waals surface area contributed by atoms with Crippen molar-refractivity contribution in [2.24, 2.45) is 0 Å². The summed E-state index contributed by atoms with van der Waals surface area (Å²) in [5.41, 5.74) is 3.51. The molecule has 6 nitrogen and oxygen atoms in total. The Morgan fingerprint density at radius 3 is 1.69 bits per heavy atom. The minimum absolute atomic E-state index is 0.107. The molecule has 0 spiro atoms. The number of likely N-dealkylation sites (N-methyl/N-ethyl adjacent to an activating group) is 1. The molecule has 2 atom stereocenters. The summed E-state index contributed by atoms with van der Waals surface area (Å²) in [7, 11) is 3.29. The van der Waals surface area contributed by atoms with Crippen molar-refractivity contribution in [2.45, 2.75) is 38.7 Å². The van der Waals surface area contributed by atoms with Gasteiger partial charge in [-0.05, 0) is 41.3 Å². The standard InChI is InChI=1S/C33H35NO5/c1-24(32(36)28-17-11-6-12-18-28)34(2)31(35)21-27-19-29(38-22-25-13-7-4-8-14-25)33(37-3)30(20-27)39-23-26-15-9-5-10-16-26/h4-20,24,32,36H,21-23H2,1-3H3/t24-,32+/m0/s1. The van der Waals surface area contributed by atoms with Crippen molar-refractivity contribution in [1.29, 1.82) is 0 Å². The molecule has 0 aliphatic carbocycles. The molecule has 4 rings (SSSR count). The van der Waals surface area contributed by atoms with Crippen LogP contribution in [0.2, 0.25) is 0 Å². The van der Waals surface area contributed by atoms with Gasteiger partial charge in [0.1, 0.15) is 13.2 Å². The topological polar surface area (TPSA) is 68.2 Å². The van der Waals surface area contributed by atoms with E-state index in [0.29, 0.717) is 30.5 Å². The van der Waals surface area contributed by atoms with E-state index in [9.17, 15) is 9.90 Å². The zero-order valence-corrected chi connectivity index (χ0v) is 22.6. The van der Waals surface area contributed by atoms with E-state index in [1.165, 1.54) is 0 Å². The summed E-state index contributed by atoms with van der Waals surface area (Å²) in [6, 6.07) is 32.3. The first-order valence-electron chi connectivity index (χ1n) is 13.0. The zero-order chi connectivity index (χ0) is 27.6. The van der Waals surface area contributed by atoms with Crippen LogP contribution in [0.3, 0.4) is 0 Å². The first-order chi connectivity index (χ1) is 19.0. The summed E-state index contributed by atoms with van der Waals surface area (Å²) in [6.45, 7) is 2.52. The van der Waals surface area contributed by atoms with Crippen molar-refractivity contribution in [3.8, 4) is 17.2 Å². The fourth-order valence-electron chi connectivity index (χ4n) is 4.29. The Morgan fingerprint density at radius 2 is 1.23 bits per heavy atom. The third-order valence-corrected chi connectivity index (χ3v) is 6.72. The van der Waals surface area contributed by atoms with Crippen LogP contribution in [0, 0.1) is 0 Å². The Kier molecular flexibility index (Phi) is 9.59. The van der Waals surface area contributed by atoms with E-state index in [1.54, 1.807) is 19.1 Å². The number of methoxy groups -OCH3 is 1. The Labute approximate surface area is 230 Å². The molecule has 6 heteroatoms. The van der Waals surface area contributed by atoms with Gasteiger partial charge in [-0.2, -0.15) is 0 Å².